The van der Waals surface area contributed by atoms with E-state index in [2.05, 4.69) is 9.97 Å². The van der Waals surface area contributed by atoms with Gasteiger partial charge in [-0.25, -0.2) is 9.97 Å². The molecule has 2 fully saturated rings. The number of alkyl halides is 3. The van der Waals surface area contributed by atoms with Crippen LogP contribution in [0.4, 0.5) is 19.1 Å². The van der Waals surface area contributed by atoms with Crippen molar-refractivity contribution in [1.29, 1.82) is 5.26 Å². The van der Waals surface area contributed by atoms with Gasteiger partial charge in [0.15, 0.2) is 0 Å². The quantitative estimate of drug-likeness (QED) is 0.736. The first-order chi connectivity index (χ1) is 13.2. The predicted octanol–water partition coefficient (Wildman–Crippen LogP) is 0.859. The average Bonchev–Trinajstić information content (AvgIpc) is 3.15. The van der Waals surface area contributed by atoms with Crippen LogP contribution in [0, 0.1) is 18.3 Å². The smallest absolute Gasteiger partial charge is 0.337 e. The number of nitrogens with zero attached hydrogens (tertiary/aromatic N) is 6. The molecule has 0 aliphatic carbocycles. The number of hydrogen-bond acceptors (Lipinski definition) is 6. The number of carbonyl (C=O) groups is 2. The van der Waals surface area contributed by atoms with Gasteiger partial charge >= 0.3 is 12.1 Å². The second-order valence-electron chi connectivity index (χ2n) is 6.77. The molecular weight excluding hydrogens is 377 g/mol. The fraction of sp³-hybridized carbons (Fsp3) is 0.588. The number of nitriles is 1. The minimum Gasteiger partial charge on any atom is -0.337 e. The molecule has 1 atom stereocenters. The molecule has 1 aromatic heterocycles. The summed E-state index contributed by atoms with van der Waals surface area (Å²) in [6, 6.07) is 2.46. The molecule has 0 aromatic carbocycles. The van der Waals surface area contributed by atoms with E-state index in [0.29, 0.717) is 36.1 Å². The first-order valence-electron chi connectivity index (χ1n) is 8.88. The number of likely N-dealkylation sites (tertiary alicyclic amines) is 1. The highest BCUT2D eigenvalue weighted by molar-refractivity contribution is 5.90. The van der Waals surface area contributed by atoms with Crippen molar-refractivity contribution in [3.05, 3.63) is 17.5 Å². The van der Waals surface area contributed by atoms with E-state index >= 15 is 0 Å². The van der Waals surface area contributed by atoms with E-state index in [9.17, 15) is 22.8 Å². The van der Waals surface area contributed by atoms with E-state index in [-0.39, 0.29) is 31.7 Å². The fourth-order valence-corrected chi connectivity index (χ4v) is 3.52. The topological polar surface area (TPSA) is 93.4 Å². The van der Waals surface area contributed by atoms with Gasteiger partial charge in [0.25, 0.3) is 0 Å². The number of aromatic nitrogens is 2. The molecule has 0 radical (unpaired) electrons. The molecule has 2 aliphatic rings. The van der Waals surface area contributed by atoms with Crippen molar-refractivity contribution in [2.45, 2.75) is 32.0 Å². The molecule has 0 N–H and O–H groups in total. The molecule has 150 valence electrons. The van der Waals surface area contributed by atoms with Crippen molar-refractivity contribution in [3.63, 3.8) is 0 Å². The van der Waals surface area contributed by atoms with Gasteiger partial charge in [0.1, 0.15) is 17.8 Å². The van der Waals surface area contributed by atoms with Crippen molar-refractivity contribution in [3.8, 4) is 6.07 Å². The van der Waals surface area contributed by atoms with Crippen LogP contribution in [0.1, 0.15) is 24.2 Å². The van der Waals surface area contributed by atoms with E-state index in [1.54, 1.807) is 13.0 Å². The zero-order valence-corrected chi connectivity index (χ0v) is 15.2. The summed E-state index contributed by atoms with van der Waals surface area (Å²) in [6.45, 7) is 3.02. The average molecular weight is 396 g/mol. The summed E-state index contributed by atoms with van der Waals surface area (Å²) in [7, 11) is 0. The first-order valence-corrected chi connectivity index (χ1v) is 8.88. The number of rotatable bonds is 2. The molecule has 2 saturated heterocycles. The molecule has 0 saturated carbocycles. The molecule has 8 nitrogen and oxygen atoms in total. The van der Waals surface area contributed by atoms with Crippen LogP contribution in [0.5, 0.6) is 0 Å². The number of halogens is 3. The number of carbonyl (C=O) groups excluding carboxylic acids is 2. The van der Waals surface area contributed by atoms with Gasteiger partial charge in [0, 0.05) is 38.4 Å². The summed E-state index contributed by atoms with van der Waals surface area (Å²) in [5.74, 6) is -2.03. The SMILES string of the molecule is Cc1cc(C#N)nc(N2CCN(C(=O)C3CCCN3C(=O)C(F)(F)F)CC2)n1. The molecule has 11 heteroatoms. The van der Waals surface area contributed by atoms with E-state index in [0.717, 1.165) is 0 Å². The number of piperazine rings is 1. The van der Waals surface area contributed by atoms with Gasteiger partial charge in [-0.2, -0.15) is 18.4 Å². The van der Waals surface area contributed by atoms with Crippen LogP contribution in [0.15, 0.2) is 6.07 Å². The standard InChI is InChI=1S/C17H19F3N6O2/c1-11-9-12(10-21)23-16(22-11)25-7-5-24(6-8-25)14(27)13-3-2-4-26(13)15(28)17(18,19)20/h9,13H,2-8H2,1H3. The normalized spacial score (nSPS) is 20.2. The maximum atomic E-state index is 12.8. The molecular formula is C17H19F3N6O2. The monoisotopic (exact) mass is 396 g/mol. The second-order valence-corrected chi connectivity index (χ2v) is 6.77. The largest absolute Gasteiger partial charge is 0.471 e. The first kappa shape index (κ1) is 19.9. The van der Waals surface area contributed by atoms with Gasteiger partial charge in [0.05, 0.1) is 0 Å². The molecule has 0 spiro atoms. The highest BCUT2D eigenvalue weighted by atomic mass is 19.4. The molecule has 2 aliphatic heterocycles. The Morgan fingerprint density at radius 2 is 1.86 bits per heavy atom. The molecule has 28 heavy (non-hydrogen) atoms. The maximum Gasteiger partial charge on any atom is 0.471 e. The third kappa shape index (κ3) is 4.00. The summed E-state index contributed by atoms with van der Waals surface area (Å²) >= 11 is 0. The summed E-state index contributed by atoms with van der Waals surface area (Å²) in [6.07, 6.45) is -4.39. The lowest BCUT2D eigenvalue weighted by atomic mass is 10.1. The Balaban J connectivity index is 1.65. The van der Waals surface area contributed by atoms with Crippen molar-refractivity contribution >= 4 is 17.8 Å². The molecule has 3 heterocycles. The minimum atomic E-state index is -4.98. The lowest BCUT2D eigenvalue weighted by Crippen LogP contribution is -2.56. The highest BCUT2D eigenvalue weighted by Gasteiger charge is 2.48. The maximum absolute atomic E-state index is 12.8. The fourth-order valence-electron chi connectivity index (χ4n) is 3.52. The van der Waals surface area contributed by atoms with E-state index in [1.807, 2.05) is 11.0 Å². The zero-order valence-electron chi connectivity index (χ0n) is 15.2. The van der Waals surface area contributed by atoms with Gasteiger partial charge in [-0.1, -0.05) is 0 Å². The van der Waals surface area contributed by atoms with Crippen LogP contribution < -0.4 is 4.90 Å². The van der Waals surface area contributed by atoms with E-state index in [4.69, 9.17) is 5.26 Å². The molecule has 0 bridgehead atoms. The minimum absolute atomic E-state index is 0.0667. The van der Waals surface area contributed by atoms with Crippen molar-refractivity contribution < 1.29 is 22.8 Å². The summed E-state index contributed by atoms with van der Waals surface area (Å²) in [4.78, 5) is 36.7. The number of aryl methyl sites for hydroxylation is 1. The molecule has 1 aromatic rings. The lowest BCUT2D eigenvalue weighted by molar-refractivity contribution is -0.187. The second kappa shape index (κ2) is 7.61. The predicted molar refractivity (Wildman–Crippen MR) is 91.1 cm³/mol. The molecule has 1 unspecified atom stereocenters. The van der Waals surface area contributed by atoms with E-state index in [1.165, 1.54) is 4.90 Å². The number of anilines is 1. The Hall–Kier alpha value is -2.90. The van der Waals surface area contributed by atoms with Crippen LogP contribution in [0.25, 0.3) is 0 Å². The van der Waals surface area contributed by atoms with Crippen LogP contribution in [0.2, 0.25) is 0 Å². The van der Waals surface area contributed by atoms with Gasteiger partial charge in [0.2, 0.25) is 11.9 Å². The zero-order chi connectivity index (χ0) is 20.5. The lowest BCUT2D eigenvalue weighted by Gasteiger charge is -2.37. The Morgan fingerprint density at radius 1 is 1.18 bits per heavy atom. The number of hydrogen-bond donors (Lipinski definition) is 0. The molecule has 3 rings (SSSR count). The van der Waals surface area contributed by atoms with Gasteiger partial charge in [-0.05, 0) is 25.8 Å². The van der Waals surface area contributed by atoms with Gasteiger partial charge in [-0.15, -0.1) is 0 Å². The Morgan fingerprint density at radius 3 is 2.46 bits per heavy atom. The summed E-state index contributed by atoms with van der Waals surface area (Å²) in [5, 5.41) is 9.02. The van der Waals surface area contributed by atoms with Crippen molar-refractivity contribution in [2.75, 3.05) is 37.6 Å². The van der Waals surface area contributed by atoms with Crippen LogP contribution in [0.3, 0.4) is 0 Å². The third-order valence-corrected chi connectivity index (χ3v) is 4.87. The van der Waals surface area contributed by atoms with Crippen LogP contribution in [-0.2, 0) is 9.59 Å². The summed E-state index contributed by atoms with van der Waals surface area (Å²) < 4.78 is 38.3. The number of amides is 2. The van der Waals surface area contributed by atoms with Crippen molar-refractivity contribution in [2.24, 2.45) is 0 Å². The Kier molecular flexibility index (Phi) is 5.40. The van der Waals surface area contributed by atoms with Gasteiger partial charge in [-0.3, -0.25) is 9.59 Å². The third-order valence-electron chi connectivity index (χ3n) is 4.87. The van der Waals surface area contributed by atoms with E-state index < -0.39 is 24.0 Å². The Bertz CT molecular complexity index is 814. The van der Waals surface area contributed by atoms with Crippen LogP contribution >= 0.6 is 0 Å². The van der Waals surface area contributed by atoms with Crippen LogP contribution in [-0.4, -0.2) is 76.5 Å². The summed E-state index contributed by atoms with van der Waals surface area (Å²) in [5.41, 5.74) is 0.889. The van der Waals surface area contributed by atoms with Gasteiger partial charge < -0.3 is 14.7 Å². The molecule has 2 amide bonds. The highest BCUT2D eigenvalue weighted by Crippen LogP contribution is 2.27. The van der Waals surface area contributed by atoms with Crippen molar-refractivity contribution in [1.82, 2.24) is 19.8 Å². The Labute approximate surface area is 159 Å².